The van der Waals surface area contributed by atoms with Crippen molar-refractivity contribution in [2.24, 2.45) is 0 Å². The van der Waals surface area contributed by atoms with Gasteiger partial charge in [0.25, 0.3) is 5.91 Å². The summed E-state index contributed by atoms with van der Waals surface area (Å²) in [6.07, 6.45) is 1.37. The number of rotatable bonds is 5. The van der Waals surface area contributed by atoms with Crippen molar-refractivity contribution < 1.29 is 19.1 Å². The molecule has 1 fully saturated rings. The Morgan fingerprint density at radius 2 is 2.18 bits per heavy atom. The maximum Gasteiger partial charge on any atom is 0.326 e. The lowest BCUT2D eigenvalue weighted by atomic mass is 10.4. The average molecular weight is 275 g/mol. The van der Waals surface area contributed by atoms with Gasteiger partial charge in [-0.15, -0.1) is 0 Å². The van der Waals surface area contributed by atoms with Gasteiger partial charge in [0, 0.05) is 0 Å². The Kier molecular flexibility index (Phi) is 5.43. The zero-order valence-electron chi connectivity index (χ0n) is 9.60. The second kappa shape index (κ2) is 6.61. The van der Waals surface area contributed by atoms with Gasteiger partial charge in [-0.25, -0.2) is 0 Å². The van der Waals surface area contributed by atoms with Crippen LogP contribution in [0.2, 0.25) is 0 Å². The summed E-state index contributed by atoms with van der Waals surface area (Å²) < 4.78 is 10.1. The quantitative estimate of drug-likeness (QED) is 0.326. The number of ether oxygens (including phenoxy) is 2. The molecule has 1 saturated heterocycles. The highest BCUT2D eigenvalue weighted by molar-refractivity contribution is 8.26. The molecule has 1 rings (SSSR count). The molecule has 0 spiro atoms. The molecule has 1 aliphatic heterocycles. The number of hydrogen-bond acceptors (Lipinski definition) is 6. The van der Waals surface area contributed by atoms with Gasteiger partial charge >= 0.3 is 5.97 Å². The molecule has 0 N–H and O–H groups in total. The third-order valence-electron chi connectivity index (χ3n) is 1.82. The summed E-state index contributed by atoms with van der Waals surface area (Å²) >= 11 is 6.13. The van der Waals surface area contributed by atoms with Crippen LogP contribution in [-0.2, 0) is 19.1 Å². The van der Waals surface area contributed by atoms with Crippen LogP contribution < -0.4 is 0 Å². The number of thioether (sulfide) groups is 1. The predicted molar refractivity (Wildman–Crippen MR) is 68.2 cm³/mol. The van der Waals surface area contributed by atoms with Crippen molar-refractivity contribution in [1.29, 1.82) is 0 Å². The number of thiocarbonyl (C=S) groups is 1. The SMILES string of the molecule is CCOC=C1SC(=S)N(CC(=O)OCC)C1=O. The monoisotopic (exact) mass is 275 g/mol. The maximum absolute atomic E-state index is 11.8. The van der Waals surface area contributed by atoms with Crippen LogP contribution in [-0.4, -0.2) is 40.9 Å². The molecule has 0 unspecified atom stereocenters. The molecule has 1 amide bonds. The third-order valence-corrected chi connectivity index (χ3v) is 3.18. The first-order chi connectivity index (χ1) is 8.10. The Balaban J connectivity index is 2.66. The van der Waals surface area contributed by atoms with Crippen molar-refractivity contribution in [3.63, 3.8) is 0 Å². The molecule has 0 aromatic carbocycles. The minimum Gasteiger partial charge on any atom is -0.500 e. The van der Waals surface area contributed by atoms with Crippen LogP contribution >= 0.6 is 24.0 Å². The van der Waals surface area contributed by atoms with Crippen LogP contribution in [0, 0.1) is 0 Å². The lowest BCUT2D eigenvalue weighted by molar-refractivity contribution is -0.145. The summed E-state index contributed by atoms with van der Waals surface area (Å²) in [5.41, 5.74) is 0. The van der Waals surface area contributed by atoms with Gasteiger partial charge in [0.15, 0.2) is 0 Å². The van der Waals surface area contributed by atoms with Gasteiger partial charge in [0.2, 0.25) is 0 Å². The van der Waals surface area contributed by atoms with E-state index in [2.05, 4.69) is 0 Å². The molecule has 0 aliphatic carbocycles. The molecule has 0 aromatic heterocycles. The van der Waals surface area contributed by atoms with E-state index in [9.17, 15) is 9.59 Å². The van der Waals surface area contributed by atoms with Crippen LogP contribution in [0.5, 0.6) is 0 Å². The molecule has 0 saturated carbocycles. The first-order valence-electron chi connectivity index (χ1n) is 5.11. The van der Waals surface area contributed by atoms with Gasteiger partial charge in [-0.1, -0.05) is 24.0 Å². The van der Waals surface area contributed by atoms with Crippen molar-refractivity contribution >= 4 is 40.2 Å². The van der Waals surface area contributed by atoms with Gasteiger partial charge in [-0.3, -0.25) is 14.5 Å². The highest BCUT2D eigenvalue weighted by atomic mass is 32.2. The van der Waals surface area contributed by atoms with E-state index in [-0.39, 0.29) is 19.1 Å². The normalized spacial score (nSPS) is 17.8. The fraction of sp³-hybridized carbons (Fsp3) is 0.500. The summed E-state index contributed by atoms with van der Waals surface area (Å²) in [5, 5.41) is 0. The minimum absolute atomic E-state index is 0.151. The van der Waals surface area contributed by atoms with E-state index in [4.69, 9.17) is 21.7 Å². The van der Waals surface area contributed by atoms with E-state index in [1.165, 1.54) is 11.2 Å². The first kappa shape index (κ1) is 14.0. The van der Waals surface area contributed by atoms with Crippen molar-refractivity contribution in [2.75, 3.05) is 19.8 Å². The van der Waals surface area contributed by atoms with Crippen molar-refractivity contribution in [3.05, 3.63) is 11.2 Å². The van der Waals surface area contributed by atoms with Gasteiger partial charge in [-0.05, 0) is 13.8 Å². The number of carbonyl (C=O) groups excluding carboxylic acids is 2. The van der Waals surface area contributed by atoms with Crippen molar-refractivity contribution in [2.45, 2.75) is 13.8 Å². The molecule has 0 radical (unpaired) electrons. The van der Waals surface area contributed by atoms with Crippen molar-refractivity contribution in [1.82, 2.24) is 4.90 Å². The molecule has 7 heteroatoms. The van der Waals surface area contributed by atoms with Crippen LogP contribution in [0.15, 0.2) is 11.2 Å². The van der Waals surface area contributed by atoms with Crippen molar-refractivity contribution in [3.8, 4) is 0 Å². The lowest BCUT2D eigenvalue weighted by Crippen LogP contribution is -2.34. The lowest BCUT2D eigenvalue weighted by Gasteiger charge is -2.12. The second-order valence-electron chi connectivity index (χ2n) is 3.00. The summed E-state index contributed by atoms with van der Waals surface area (Å²) in [7, 11) is 0. The molecule has 1 aliphatic rings. The van der Waals surface area contributed by atoms with Gasteiger partial charge < -0.3 is 9.47 Å². The Labute approximate surface area is 109 Å². The molecule has 0 aromatic rings. The number of hydrogen-bond donors (Lipinski definition) is 0. The molecule has 0 bridgehead atoms. The summed E-state index contributed by atoms with van der Waals surface area (Å²) in [5.74, 6) is -0.789. The maximum atomic E-state index is 11.8. The van der Waals surface area contributed by atoms with E-state index in [0.717, 1.165) is 11.8 Å². The molecule has 0 atom stereocenters. The third kappa shape index (κ3) is 3.71. The summed E-state index contributed by atoms with van der Waals surface area (Å²) in [6, 6.07) is 0. The van der Waals surface area contributed by atoms with Crippen LogP contribution in [0.25, 0.3) is 0 Å². The highest BCUT2D eigenvalue weighted by Crippen LogP contribution is 2.30. The first-order valence-corrected chi connectivity index (χ1v) is 6.33. The zero-order valence-corrected chi connectivity index (χ0v) is 11.2. The second-order valence-corrected chi connectivity index (χ2v) is 4.68. The fourth-order valence-electron chi connectivity index (χ4n) is 1.11. The highest BCUT2D eigenvalue weighted by Gasteiger charge is 2.34. The van der Waals surface area contributed by atoms with Gasteiger partial charge in [0.1, 0.15) is 22.0 Å². The molecule has 1 heterocycles. The summed E-state index contributed by atoms with van der Waals surface area (Å²) in [4.78, 5) is 24.7. The van der Waals surface area contributed by atoms with Crippen LogP contribution in [0.3, 0.4) is 0 Å². The number of amides is 1. The Hall–Kier alpha value is -1.08. The predicted octanol–water partition coefficient (Wildman–Crippen LogP) is 1.29. The average Bonchev–Trinajstić information content (AvgIpc) is 2.54. The molecule has 94 valence electrons. The van der Waals surface area contributed by atoms with E-state index in [1.807, 2.05) is 6.92 Å². The molecular formula is C10H13NO4S2. The standard InChI is InChI=1S/C10H13NO4S2/c1-3-14-6-7-9(13)11(10(16)17-7)5-8(12)15-4-2/h6H,3-5H2,1-2H3. The van der Waals surface area contributed by atoms with Gasteiger partial charge in [0.05, 0.1) is 13.2 Å². The Bertz CT molecular complexity index is 367. The molecule has 5 nitrogen and oxygen atoms in total. The molecular weight excluding hydrogens is 262 g/mol. The topological polar surface area (TPSA) is 55.8 Å². The van der Waals surface area contributed by atoms with E-state index >= 15 is 0 Å². The van der Waals surface area contributed by atoms with Gasteiger partial charge in [-0.2, -0.15) is 0 Å². The number of carbonyl (C=O) groups is 2. The van der Waals surface area contributed by atoms with E-state index < -0.39 is 5.97 Å². The van der Waals surface area contributed by atoms with E-state index in [0.29, 0.717) is 15.8 Å². The van der Waals surface area contributed by atoms with Crippen LogP contribution in [0.1, 0.15) is 13.8 Å². The summed E-state index contributed by atoms with van der Waals surface area (Å²) in [6.45, 7) is 4.12. The minimum atomic E-state index is -0.471. The number of nitrogens with zero attached hydrogens (tertiary/aromatic N) is 1. The zero-order chi connectivity index (χ0) is 12.8. The Morgan fingerprint density at radius 1 is 1.47 bits per heavy atom. The smallest absolute Gasteiger partial charge is 0.326 e. The Morgan fingerprint density at radius 3 is 2.76 bits per heavy atom. The van der Waals surface area contributed by atoms with Crippen LogP contribution in [0.4, 0.5) is 0 Å². The largest absolute Gasteiger partial charge is 0.500 e. The van der Waals surface area contributed by atoms with E-state index in [1.54, 1.807) is 6.92 Å². The fourth-order valence-corrected chi connectivity index (χ4v) is 2.29. The molecule has 17 heavy (non-hydrogen) atoms. The number of esters is 1.